The molecule has 0 saturated heterocycles. The molecule has 0 unspecified atom stereocenters. The van der Waals surface area contributed by atoms with E-state index in [9.17, 15) is 9.18 Å². The summed E-state index contributed by atoms with van der Waals surface area (Å²) >= 11 is 3.10. The van der Waals surface area contributed by atoms with Gasteiger partial charge in [0, 0.05) is 4.88 Å². The van der Waals surface area contributed by atoms with E-state index in [1.54, 1.807) is 29.5 Å². The van der Waals surface area contributed by atoms with Gasteiger partial charge >= 0.3 is 0 Å². The number of fused-ring (bicyclic) bond motifs is 3. The van der Waals surface area contributed by atoms with Gasteiger partial charge in [-0.05, 0) is 49.1 Å². The number of benzene rings is 1. The molecule has 24 heavy (non-hydrogen) atoms. The zero-order chi connectivity index (χ0) is 16.7. The molecule has 0 N–H and O–H groups in total. The van der Waals surface area contributed by atoms with Crippen molar-refractivity contribution in [2.45, 2.75) is 37.8 Å². The molecule has 1 aliphatic carbocycles. The van der Waals surface area contributed by atoms with E-state index >= 15 is 0 Å². The van der Waals surface area contributed by atoms with Gasteiger partial charge in [0.1, 0.15) is 10.6 Å². The Morgan fingerprint density at radius 3 is 2.88 bits per heavy atom. The summed E-state index contributed by atoms with van der Waals surface area (Å²) in [5.41, 5.74) is 1.28. The molecule has 0 fully saturated rings. The second kappa shape index (κ2) is 6.33. The first kappa shape index (κ1) is 15.8. The molecule has 2 aromatic heterocycles. The van der Waals surface area contributed by atoms with Crippen LogP contribution in [0.4, 0.5) is 4.39 Å². The van der Waals surface area contributed by atoms with Crippen molar-refractivity contribution in [3.63, 3.8) is 0 Å². The molecule has 124 valence electrons. The van der Waals surface area contributed by atoms with E-state index in [0.29, 0.717) is 10.5 Å². The highest BCUT2D eigenvalue weighted by Crippen LogP contribution is 2.35. The fourth-order valence-corrected chi connectivity index (χ4v) is 5.29. The van der Waals surface area contributed by atoms with Crippen LogP contribution in [0.1, 0.15) is 30.2 Å². The normalized spacial score (nSPS) is 14.1. The van der Waals surface area contributed by atoms with E-state index in [2.05, 4.69) is 0 Å². The third-order valence-corrected chi connectivity index (χ3v) is 6.33. The maximum Gasteiger partial charge on any atom is 0.267 e. The molecule has 0 radical (unpaired) electrons. The Balaban J connectivity index is 2.07. The zero-order valence-electron chi connectivity index (χ0n) is 13.3. The number of nitrogens with zero attached hydrogens (tertiary/aromatic N) is 2. The van der Waals surface area contributed by atoms with Crippen LogP contribution in [0.15, 0.2) is 34.2 Å². The number of aryl methyl sites for hydroxylation is 2. The van der Waals surface area contributed by atoms with Crippen molar-refractivity contribution < 1.29 is 4.39 Å². The maximum absolute atomic E-state index is 14.3. The van der Waals surface area contributed by atoms with E-state index in [-0.39, 0.29) is 11.2 Å². The van der Waals surface area contributed by atoms with Crippen LogP contribution in [0.25, 0.3) is 15.9 Å². The predicted molar refractivity (Wildman–Crippen MR) is 98.2 cm³/mol. The third-order valence-electron chi connectivity index (χ3n) is 4.32. The fraction of sp³-hybridized carbons (Fsp3) is 0.333. The van der Waals surface area contributed by atoms with Crippen LogP contribution in [0.5, 0.6) is 0 Å². The Hall–Kier alpha value is -1.66. The molecule has 4 rings (SSSR count). The monoisotopic (exact) mass is 360 g/mol. The van der Waals surface area contributed by atoms with Gasteiger partial charge in [0.05, 0.1) is 11.1 Å². The van der Waals surface area contributed by atoms with Gasteiger partial charge in [0.15, 0.2) is 5.16 Å². The Morgan fingerprint density at radius 1 is 1.29 bits per heavy atom. The number of para-hydroxylation sites is 1. The number of thioether (sulfide) groups is 1. The van der Waals surface area contributed by atoms with Crippen LogP contribution in [0.2, 0.25) is 0 Å². The van der Waals surface area contributed by atoms with Gasteiger partial charge in [-0.15, -0.1) is 11.3 Å². The number of aromatic nitrogens is 2. The number of hydrogen-bond acceptors (Lipinski definition) is 4. The number of hydrogen-bond donors (Lipinski definition) is 0. The number of rotatable bonds is 3. The van der Waals surface area contributed by atoms with Crippen molar-refractivity contribution in [1.82, 2.24) is 9.55 Å². The SMILES string of the molecule is CCSc1nc2sc3c(c2c(=O)n1-c1ccccc1F)CCCC3. The Morgan fingerprint density at radius 2 is 2.08 bits per heavy atom. The van der Waals surface area contributed by atoms with Crippen LogP contribution >= 0.6 is 23.1 Å². The summed E-state index contributed by atoms with van der Waals surface area (Å²) in [6.45, 7) is 2.01. The summed E-state index contributed by atoms with van der Waals surface area (Å²) in [5.74, 6) is 0.375. The van der Waals surface area contributed by atoms with Crippen molar-refractivity contribution in [2.24, 2.45) is 0 Å². The summed E-state index contributed by atoms with van der Waals surface area (Å²) in [4.78, 5) is 20.1. The van der Waals surface area contributed by atoms with Crippen molar-refractivity contribution in [3.8, 4) is 5.69 Å². The lowest BCUT2D eigenvalue weighted by molar-refractivity contribution is 0.608. The van der Waals surface area contributed by atoms with E-state index in [1.165, 1.54) is 27.3 Å². The number of thiophene rings is 1. The highest BCUT2D eigenvalue weighted by Gasteiger charge is 2.23. The lowest BCUT2D eigenvalue weighted by Crippen LogP contribution is -2.23. The van der Waals surface area contributed by atoms with Crippen LogP contribution in [-0.2, 0) is 12.8 Å². The van der Waals surface area contributed by atoms with Gasteiger partial charge in [-0.2, -0.15) is 0 Å². The largest absolute Gasteiger partial charge is 0.268 e. The Labute approximate surface area is 147 Å². The molecule has 1 aliphatic rings. The molecule has 6 heteroatoms. The third kappa shape index (κ3) is 2.48. The molecule has 3 nitrogen and oxygen atoms in total. The average molecular weight is 360 g/mol. The van der Waals surface area contributed by atoms with Crippen LogP contribution < -0.4 is 5.56 Å². The van der Waals surface area contributed by atoms with Crippen molar-refractivity contribution >= 4 is 33.3 Å². The smallest absolute Gasteiger partial charge is 0.267 e. The summed E-state index contributed by atoms with van der Waals surface area (Å²) in [7, 11) is 0. The molecule has 0 amide bonds. The van der Waals surface area contributed by atoms with Crippen molar-refractivity contribution in [3.05, 3.63) is 50.9 Å². The Bertz CT molecular complexity index is 977. The molecule has 0 spiro atoms. The minimum atomic E-state index is -0.400. The lowest BCUT2D eigenvalue weighted by Gasteiger charge is -2.13. The summed E-state index contributed by atoms with van der Waals surface area (Å²) in [6, 6.07) is 6.41. The second-order valence-electron chi connectivity index (χ2n) is 5.81. The minimum absolute atomic E-state index is 0.138. The lowest BCUT2D eigenvalue weighted by atomic mass is 9.97. The molecular formula is C18H17FN2OS2. The van der Waals surface area contributed by atoms with E-state index in [4.69, 9.17) is 4.98 Å². The first-order chi connectivity index (χ1) is 11.7. The van der Waals surface area contributed by atoms with Gasteiger partial charge in [-0.1, -0.05) is 30.8 Å². The zero-order valence-corrected chi connectivity index (χ0v) is 15.0. The van der Waals surface area contributed by atoms with Crippen molar-refractivity contribution in [1.29, 1.82) is 0 Å². The molecule has 1 aromatic carbocycles. The quantitative estimate of drug-likeness (QED) is 0.507. The molecule has 3 aromatic rings. The molecule has 0 aliphatic heterocycles. The topological polar surface area (TPSA) is 34.9 Å². The van der Waals surface area contributed by atoms with Gasteiger partial charge < -0.3 is 0 Å². The first-order valence-electron chi connectivity index (χ1n) is 8.15. The average Bonchev–Trinajstić information content (AvgIpc) is 2.95. The Kier molecular flexibility index (Phi) is 4.18. The highest BCUT2D eigenvalue weighted by atomic mass is 32.2. The van der Waals surface area contributed by atoms with Gasteiger partial charge in [-0.3, -0.25) is 9.36 Å². The maximum atomic E-state index is 14.3. The summed E-state index contributed by atoms with van der Waals surface area (Å²) in [6.07, 6.45) is 4.21. The second-order valence-corrected chi connectivity index (χ2v) is 8.13. The molecule has 0 bridgehead atoms. The van der Waals surface area contributed by atoms with Crippen LogP contribution in [0, 0.1) is 5.82 Å². The van der Waals surface area contributed by atoms with Crippen LogP contribution in [0.3, 0.4) is 0 Å². The van der Waals surface area contributed by atoms with Crippen LogP contribution in [-0.4, -0.2) is 15.3 Å². The summed E-state index contributed by atoms with van der Waals surface area (Å²) < 4.78 is 15.8. The molecule has 0 saturated carbocycles. The molecule has 2 heterocycles. The van der Waals surface area contributed by atoms with Gasteiger partial charge in [-0.25, -0.2) is 9.37 Å². The molecule has 0 atom stereocenters. The highest BCUT2D eigenvalue weighted by molar-refractivity contribution is 7.99. The van der Waals surface area contributed by atoms with E-state index < -0.39 is 5.82 Å². The van der Waals surface area contributed by atoms with E-state index in [1.807, 2.05) is 6.92 Å². The van der Waals surface area contributed by atoms with E-state index in [0.717, 1.165) is 41.8 Å². The predicted octanol–water partition coefficient (Wildman–Crippen LogP) is 4.58. The fourth-order valence-electron chi connectivity index (χ4n) is 3.26. The standard InChI is InChI=1S/C18H17FN2OS2/c1-2-23-18-20-16-15(11-7-3-6-10-14(11)24-16)17(22)21(18)13-9-5-4-8-12(13)19/h4-5,8-9H,2-3,6-7,10H2,1H3. The molecular weight excluding hydrogens is 343 g/mol. The van der Waals surface area contributed by atoms with Gasteiger partial charge in [0.25, 0.3) is 5.56 Å². The minimum Gasteiger partial charge on any atom is -0.268 e. The summed E-state index contributed by atoms with van der Waals surface area (Å²) in [5, 5.41) is 1.26. The number of halogens is 1. The van der Waals surface area contributed by atoms with Crippen molar-refractivity contribution in [2.75, 3.05) is 5.75 Å². The first-order valence-corrected chi connectivity index (χ1v) is 9.96. The van der Waals surface area contributed by atoms with Gasteiger partial charge in [0.2, 0.25) is 0 Å².